The average Bonchev–Trinajstić information content (AvgIpc) is 0.730. The van der Waals surface area contributed by atoms with Gasteiger partial charge in [-0.05, 0) is 39.0 Å². The summed E-state index contributed by atoms with van der Waals surface area (Å²) in [4.78, 5) is 52.6. The second kappa shape index (κ2) is 49.5. The minimum atomic E-state index is -3.63. The molecule has 5 saturated heterocycles. The molecule has 30 nitrogen and oxygen atoms in total. The molecule has 0 aromatic heterocycles. The van der Waals surface area contributed by atoms with E-state index in [2.05, 4.69) is 165 Å². The summed E-state index contributed by atoms with van der Waals surface area (Å²) in [5.41, 5.74) is 31.9. The zero-order chi connectivity index (χ0) is 100. The third kappa shape index (κ3) is 24.8. The van der Waals surface area contributed by atoms with Crippen LogP contribution < -0.4 is 31.1 Å². The first-order valence-electron chi connectivity index (χ1n) is 47.8. The number of nitrogens with zero attached hydrogens (tertiary/aromatic N) is 9. The predicted molar refractivity (Wildman–Crippen MR) is 547 cm³/mol. The van der Waals surface area contributed by atoms with Crippen molar-refractivity contribution in [3.05, 3.63) is 285 Å². The Morgan fingerprint density at radius 2 is 0.700 bits per heavy atom. The summed E-state index contributed by atoms with van der Waals surface area (Å²) in [6, 6.07) is 75.0. The van der Waals surface area contributed by atoms with E-state index in [-0.39, 0.29) is 48.9 Å². The van der Waals surface area contributed by atoms with Gasteiger partial charge in [0.2, 0.25) is 0 Å². The molecule has 140 heavy (non-hydrogen) atoms. The molecule has 12 unspecified atom stereocenters. The third-order valence-corrected chi connectivity index (χ3v) is 45.5. The maximum atomic E-state index is 15.3. The van der Waals surface area contributed by atoms with Gasteiger partial charge in [0.05, 0.1) is 6.61 Å². The van der Waals surface area contributed by atoms with Crippen LogP contribution in [0.5, 0.6) is 0 Å². The predicted octanol–water partition coefficient (Wildman–Crippen LogP) is 14.7. The number of carbonyl (C=O) groups excluding carboxylic acids is 3. The van der Waals surface area contributed by atoms with Gasteiger partial charge in [0.1, 0.15) is 6.10 Å². The van der Waals surface area contributed by atoms with Crippen molar-refractivity contribution in [2.75, 3.05) is 33.0 Å². The third-order valence-electron chi connectivity index (χ3n) is 27.5. The van der Waals surface area contributed by atoms with Crippen LogP contribution in [0.4, 0.5) is 0 Å². The van der Waals surface area contributed by atoms with Crippen LogP contribution in [0.1, 0.15) is 127 Å². The van der Waals surface area contributed by atoms with Gasteiger partial charge in [0.25, 0.3) is 8.32 Å². The van der Waals surface area contributed by atoms with Gasteiger partial charge in [0, 0.05) is 4.91 Å². The molecule has 0 spiro atoms. The summed E-state index contributed by atoms with van der Waals surface area (Å²) < 4.78 is 141. The van der Waals surface area contributed by atoms with Crippen LogP contribution in [0, 0.1) is 23.7 Å². The van der Waals surface area contributed by atoms with Crippen molar-refractivity contribution in [2.45, 2.75) is 260 Å². The quantitative estimate of drug-likeness (QED) is 0.00653. The molecule has 5 fully saturated rings. The van der Waals surface area contributed by atoms with Gasteiger partial charge in [-0.1, -0.05) is 130 Å². The second-order valence-electron chi connectivity index (χ2n) is 39.5. The normalized spacial score (nSPS) is 28.5. The topological polar surface area (TPSA) is 379 Å². The van der Waals surface area contributed by atoms with Gasteiger partial charge in [-0.25, -0.2) is 0 Å². The van der Waals surface area contributed by atoms with Crippen LogP contribution in [0.2, 0.25) is 15.1 Å². The fourth-order valence-electron chi connectivity index (χ4n) is 20.7. The summed E-state index contributed by atoms with van der Waals surface area (Å²) in [7, 11) is -9.33. The van der Waals surface area contributed by atoms with Crippen molar-refractivity contribution in [1.82, 2.24) is 0 Å². The van der Waals surface area contributed by atoms with Gasteiger partial charge >= 0.3 is 636 Å². The Balaban J connectivity index is 0.912. The minimum absolute atomic E-state index is 0.0126. The molecule has 0 bridgehead atoms. The van der Waals surface area contributed by atoms with Crippen LogP contribution in [-0.4, -0.2) is 232 Å². The number of hydrogen-bond acceptors (Lipinski definition) is 24. The number of rotatable bonds is 41. The fraction of sp³-hybridized carbons (Fsp3) is 0.495. The standard InChI is InChI=1S/C101H127B4N9O21P2Si3/c1-63-78(60-123-138(99(8,9)10,72-45-29-19-30-46-72)73-47-31-20-32-48-73)127-97(85(111-114-108)92(63)136-104-102-118)132-87-65(3)89(131-94(117)71-43-27-18-28-44-71)98(130-79(87)58-120-68(6)115)133-86-64(2)83(109-112-106)96(129-81(86)61-124-139(100(11,12)13,74-49-33-21-34-50-74)75-51-35-22-36-52-75)134-90-80(59-121-69(7)116)128-95(66(4)88(90)122-57-70-41-25-17-26-42-70)135-91-82(126-67(5)84(110-113-107)93(91)137-105-103-119)62-125-140(101(14,15)16,76-53-37-23-38-54-76)77-55-39-24-40-56-77/h17-56,63-67,78-93,95-98,136-137H,57-62H2,1-16H3/t63-,64-,65+,66?,67-,78?,79?,80?,81?,82?,83?,84?,85?,86+,87+,88+,89?,90-,91-,92+,93-,95+,96+,97+,98+/m1/s1. The monoisotopic (exact) mass is 1990 g/mol. The molecule has 8 aromatic rings. The van der Waals surface area contributed by atoms with Gasteiger partial charge in [-0.3, -0.25) is 0 Å². The van der Waals surface area contributed by atoms with E-state index >= 15 is 4.79 Å². The Hall–Kier alpha value is -9.05. The van der Waals surface area contributed by atoms with Crippen LogP contribution in [0.15, 0.2) is 258 Å². The number of azide groups is 3. The molecule has 13 rings (SSSR count). The van der Waals surface area contributed by atoms with Crippen molar-refractivity contribution >= 4 is 119 Å². The molecular weight excluding hydrogens is 1860 g/mol. The molecule has 0 aliphatic carbocycles. The van der Waals surface area contributed by atoms with Gasteiger partial charge < -0.3 is 4.43 Å². The Labute approximate surface area is 829 Å². The number of esters is 3. The van der Waals surface area contributed by atoms with Crippen LogP contribution in [0.3, 0.4) is 0 Å². The molecule has 5 heterocycles. The van der Waals surface area contributed by atoms with Crippen molar-refractivity contribution < 1.29 is 98.7 Å². The molecule has 0 N–H and O–H groups in total. The summed E-state index contributed by atoms with van der Waals surface area (Å²) in [6.07, 6.45) is -20.0. The molecule has 0 saturated carbocycles. The second-order valence-corrected chi connectivity index (χ2v) is 55.1. The zero-order valence-electron chi connectivity index (χ0n) is 82.2. The number of benzene rings is 8. The number of ether oxygens (including phenoxy) is 13. The first kappa shape index (κ1) is 108. The van der Waals surface area contributed by atoms with Gasteiger partial charge in [-0.15, -0.1) is 0 Å². The van der Waals surface area contributed by atoms with E-state index < -0.39 is 223 Å². The summed E-state index contributed by atoms with van der Waals surface area (Å²) in [6.45, 7) is 32.8. The van der Waals surface area contributed by atoms with Crippen LogP contribution >= 0.6 is 16.9 Å². The molecule has 736 valence electrons. The Bertz CT molecular complexity index is 5380. The average molecular weight is 1990 g/mol. The first-order valence-corrected chi connectivity index (χ1v) is 55.8. The van der Waals surface area contributed by atoms with Crippen molar-refractivity contribution in [1.29, 1.82) is 0 Å². The van der Waals surface area contributed by atoms with E-state index in [1.165, 1.54) is 27.6 Å². The molecule has 27 atom stereocenters. The van der Waals surface area contributed by atoms with Crippen molar-refractivity contribution in [2.24, 2.45) is 39.0 Å². The Kier molecular flexibility index (Phi) is 38.3. The van der Waals surface area contributed by atoms with Gasteiger partial charge in [-0.2, -0.15) is 0 Å². The van der Waals surface area contributed by atoms with Crippen molar-refractivity contribution in [3.63, 3.8) is 0 Å². The summed E-state index contributed by atoms with van der Waals surface area (Å²) in [5, 5.41) is 17.6. The molecule has 0 amide bonds. The first-order chi connectivity index (χ1) is 67.3. The van der Waals surface area contributed by atoms with Crippen molar-refractivity contribution in [3.8, 4) is 0 Å². The maximum absolute atomic E-state index is 15.3. The van der Waals surface area contributed by atoms with E-state index in [0.717, 1.165) is 36.7 Å². The van der Waals surface area contributed by atoms with Gasteiger partial charge in [0.15, 0.2) is 0 Å². The number of carbonyl (C=O) groups is 3. The van der Waals surface area contributed by atoms with Crippen LogP contribution in [0.25, 0.3) is 31.3 Å². The molecular formula is C101H127B4N9O21P2Si3. The SMILES string of the molecule is CC(=O)OCC1O[C@@H](O[C@@H]2C(CO[Si](c3ccccc3)(c3ccccc3)C(C)(C)C)O[C@@H](O[C@@H]3C(COC(C)=O)O[C@@H](O[C@@H]4C(CO[Si](c5ccccc5)(c5ccccc5)C(C)(C)C)O[C@H](C)C(N=[N+]=[N-])[C@H]4P[B]B=O)C(C)[C@@H]3OCc3ccccc3)C(N=[N+]=[N-])[C@H]2C)C(OC(=O)c2ccccc2)[C@@H](C)[C@@H]1O[C@@H]1OC(CO[Si](c2ccccc2)(c2ccccc2)C(C)(C)C)[C@@H](C)[C@H](P[B]B=O)C1N=[N+]=[N-]. The fourth-order valence-corrected chi connectivity index (χ4v) is 37.0. The van der Waals surface area contributed by atoms with E-state index in [1.807, 2.05) is 160 Å². The Morgan fingerprint density at radius 1 is 0.364 bits per heavy atom. The number of hydrogen-bond donors (Lipinski definition) is 0. The van der Waals surface area contributed by atoms with E-state index in [0.29, 0.717) is 14.1 Å². The zero-order valence-corrected chi connectivity index (χ0v) is 87.2. The van der Waals surface area contributed by atoms with E-state index in [9.17, 15) is 35.6 Å². The Morgan fingerprint density at radius 3 is 1.13 bits per heavy atom. The van der Waals surface area contributed by atoms with Crippen LogP contribution in [-0.2, 0) is 100 Å². The molecule has 8 aromatic carbocycles. The molecule has 2 radical (unpaired) electrons. The summed E-state index contributed by atoms with van der Waals surface area (Å²) >= 11 is 0. The van der Waals surface area contributed by atoms with E-state index in [4.69, 9.17) is 74.9 Å². The molecule has 5 aliphatic heterocycles. The van der Waals surface area contributed by atoms with E-state index in [1.54, 1.807) is 44.2 Å². The molecule has 39 heteroatoms. The summed E-state index contributed by atoms with van der Waals surface area (Å²) in [5.74, 6) is -5.53. The molecule has 5 aliphatic rings.